The maximum absolute atomic E-state index is 12.9. The molecule has 5 rings (SSSR count). The van der Waals surface area contributed by atoms with Gasteiger partial charge in [-0.15, -0.1) is 0 Å². The van der Waals surface area contributed by atoms with Crippen LogP contribution in [0.15, 0.2) is 66.9 Å². The molecule has 3 amide bonds. The number of fused-ring (bicyclic) bond motifs is 1. The van der Waals surface area contributed by atoms with Crippen molar-refractivity contribution in [2.45, 2.75) is 44.2 Å². The molecule has 0 spiro atoms. The van der Waals surface area contributed by atoms with Gasteiger partial charge in [-0.3, -0.25) is 20.0 Å². The number of benzene rings is 2. The Bertz CT molecular complexity index is 1140. The number of pyridine rings is 1. The minimum atomic E-state index is -0.787. The van der Waals surface area contributed by atoms with E-state index in [1.165, 1.54) is 11.1 Å². The Morgan fingerprint density at radius 1 is 0.970 bits per heavy atom. The van der Waals surface area contributed by atoms with Crippen LogP contribution in [0.1, 0.15) is 36.8 Å². The number of hydrogen-bond acceptors (Lipinski definition) is 4. The number of urea groups is 1. The third-order valence-electron chi connectivity index (χ3n) is 7.21. The molecule has 2 aliphatic rings. The number of nitrogens with one attached hydrogen (secondary N) is 2. The van der Waals surface area contributed by atoms with Crippen LogP contribution in [0, 0.1) is 5.92 Å². The van der Waals surface area contributed by atoms with E-state index in [9.17, 15) is 9.59 Å². The Morgan fingerprint density at radius 3 is 2.55 bits per heavy atom. The molecule has 0 radical (unpaired) electrons. The van der Waals surface area contributed by atoms with Gasteiger partial charge < -0.3 is 5.32 Å². The number of amides is 3. The van der Waals surface area contributed by atoms with E-state index in [-0.39, 0.29) is 17.9 Å². The molecule has 2 N–H and O–H groups in total. The Morgan fingerprint density at radius 2 is 1.79 bits per heavy atom. The first-order valence-electron chi connectivity index (χ1n) is 11.9. The molecule has 0 saturated carbocycles. The molecule has 33 heavy (non-hydrogen) atoms. The fraction of sp³-hybridized carbons (Fsp3) is 0.370. The zero-order chi connectivity index (χ0) is 22.7. The van der Waals surface area contributed by atoms with Gasteiger partial charge in [0.1, 0.15) is 5.54 Å². The monoisotopic (exact) mass is 442 g/mol. The van der Waals surface area contributed by atoms with E-state index in [4.69, 9.17) is 0 Å². The normalized spacial score (nSPS) is 21.8. The Balaban J connectivity index is 1.22. The first-order valence-corrected chi connectivity index (χ1v) is 11.9. The Kier molecular flexibility index (Phi) is 6.09. The lowest BCUT2D eigenvalue weighted by Gasteiger charge is -2.40. The minimum absolute atomic E-state index is 0.147. The number of rotatable bonds is 7. The van der Waals surface area contributed by atoms with Gasteiger partial charge in [-0.25, -0.2) is 4.79 Å². The van der Waals surface area contributed by atoms with Crippen molar-refractivity contribution in [3.05, 3.63) is 78.0 Å². The van der Waals surface area contributed by atoms with Crippen molar-refractivity contribution in [1.82, 2.24) is 20.5 Å². The van der Waals surface area contributed by atoms with Gasteiger partial charge >= 0.3 is 6.03 Å². The van der Waals surface area contributed by atoms with Gasteiger partial charge in [-0.2, -0.15) is 0 Å². The number of aryl methyl sites for hydroxylation is 1. The first kappa shape index (κ1) is 21.6. The number of aromatic nitrogens is 1. The van der Waals surface area contributed by atoms with Crippen LogP contribution in [0.25, 0.3) is 10.9 Å². The molecule has 3 heterocycles. The van der Waals surface area contributed by atoms with Crippen LogP contribution in [0.3, 0.4) is 0 Å². The van der Waals surface area contributed by atoms with Crippen molar-refractivity contribution in [1.29, 1.82) is 0 Å². The van der Waals surface area contributed by atoms with Crippen LogP contribution in [-0.2, 0) is 17.8 Å². The predicted molar refractivity (Wildman–Crippen MR) is 129 cm³/mol. The van der Waals surface area contributed by atoms with Crippen LogP contribution in [0.5, 0.6) is 0 Å². The average Bonchev–Trinajstić information content (AvgIpc) is 3.14. The van der Waals surface area contributed by atoms with Gasteiger partial charge in [0.25, 0.3) is 5.91 Å². The van der Waals surface area contributed by atoms with E-state index < -0.39 is 5.54 Å². The highest BCUT2D eigenvalue weighted by molar-refractivity contribution is 6.07. The standard InChI is InChI=1S/C27H30N4O2/c32-25-27(30-26(33)29-25,14-4-8-20-6-2-1-3-7-20)23-12-16-31(17-13-23)19-21-10-11-22-9-5-15-28-24(22)18-21/h1-3,5-7,9-11,15,18,23H,4,8,12-14,16-17,19H2,(H2,29,30,32,33)/t27-/m0/s1. The lowest BCUT2D eigenvalue weighted by Crippen LogP contribution is -2.56. The summed E-state index contributed by atoms with van der Waals surface area (Å²) in [5, 5.41) is 6.70. The Labute approximate surface area is 194 Å². The number of carbonyl (C=O) groups excluding carboxylic acids is 2. The number of likely N-dealkylation sites (tertiary alicyclic amines) is 1. The van der Waals surface area contributed by atoms with E-state index in [1.54, 1.807) is 0 Å². The topological polar surface area (TPSA) is 74.3 Å². The van der Waals surface area contributed by atoms with Crippen molar-refractivity contribution in [2.24, 2.45) is 5.92 Å². The predicted octanol–water partition coefficient (Wildman–Crippen LogP) is 4.05. The highest BCUT2D eigenvalue weighted by Gasteiger charge is 2.51. The van der Waals surface area contributed by atoms with Crippen LogP contribution in [-0.4, -0.2) is 40.5 Å². The van der Waals surface area contributed by atoms with Crippen LogP contribution in [0.4, 0.5) is 4.79 Å². The summed E-state index contributed by atoms with van der Waals surface area (Å²) < 4.78 is 0. The maximum atomic E-state index is 12.9. The lowest BCUT2D eigenvalue weighted by atomic mass is 9.74. The molecule has 1 atom stereocenters. The zero-order valence-electron chi connectivity index (χ0n) is 18.8. The van der Waals surface area contributed by atoms with E-state index in [0.29, 0.717) is 6.42 Å². The molecular weight excluding hydrogens is 412 g/mol. The lowest BCUT2D eigenvalue weighted by molar-refractivity contribution is -0.127. The third-order valence-corrected chi connectivity index (χ3v) is 7.21. The third kappa shape index (κ3) is 4.62. The molecule has 0 bridgehead atoms. The van der Waals surface area contributed by atoms with Crippen molar-refractivity contribution >= 4 is 22.8 Å². The number of piperidine rings is 1. The van der Waals surface area contributed by atoms with Gasteiger partial charge in [0.2, 0.25) is 0 Å². The molecule has 6 nitrogen and oxygen atoms in total. The number of imide groups is 1. The Hall–Kier alpha value is -3.25. The molecule has 0 unspecified atom stereocenters. The van der Waals surface area contributed by atoms with E-state index in [1.807, 2.05) is 30.5 Å². The largest absolute Gasteiger partial charge is 0.323 e. The fourth-order valence-corrected chi connectivity index (χ4v) is 5.44. The quantitative estimate of drug-likeness (QED) is 0.542. The average molecular weight is 443 g/mol. The second-order valence-corrected chi connectivity index (χ2v) is 9.30. The molecule has 2 aliphatic heterocycles. The van der Waals surface area contributed by atoms with Gasteiger partial charge in [-0.05, 0) is 74.4 Å². The van der Waals surface area contributed by atoms with E-state index >= 15 is 0 Å². The van der Waals surface area contributed by atoms with Crippen LogP contribution in [0.2, 0.25) is 0 Å². The summed E-state index contributed by atoms with van der Waals surface area (Å²) in [6.07, 6.45) is 6.05. The summed E-state index contributed by atoms with van der Waals surface area (Å²) in [5.41, 5.74) is 2.75. The van der Waals surface area contributed by atoms with Gasteiger partial charge in [-0.1, -0.05) is 48.5 Å². The van der Waals surface area contributed by atoms with Crippen molar-refractivity contribution in [3.8, 4) is 0 Å². The second-order valence-electron chi connectivity index (χ2n) is 9.30. The molecular formula is C27H30N4O2. The molecule has 2 saturated heterocycles. The van der Waals surface area contributed by atoms with Crippen LogP contribution < -0.4 is 10.6 Å². The number of hydrogen-bond donors (Lipinski definition) is 2. The number of nitrogens with zero attached hydrogens (tertiary/aromatic N) is 2. The SMILES string of the molecule is O=C1NC(=O)[C@](CCCc2ccccc2)(C2CCN(Cc3ccc4cccnc4c3)CC2)N1. The highest BCUT2D eigenvalue weighted by atomic mass is 16.2. The zero-order valence-corrected chi connectivity index (χ0v) is 18.8. The first-order chi connectivity index (χ1) is 16.1. The smallest absolute Gasteiger partial charge is 0.322 e. The highest BCUT2D eigenvalue weighted by Crippen LogP contribution is 2.35. The van der Waals surface area contributed by atoms with Crippen molar-refractivity contribution < 1.29 is 9.59 Å². The van der Waals surface area contributed by atoms with Crippen molar-refractivity contribution in [3.63, 3.8) is 0 Å². The van der Waals surface area contributed by atoms with Crippen molar-refractivity contribution in [2.75, 3.05) is 13.1 Å². The summed E-state index contributed by atoms with van der Waals surface area (Å²) >= 11 is 0. The molecule has 0 aliphatic carbocycles. The minimum Gasteiger partial charge on any atom is -0.323 e. The van der Waals surface area contributed by atoms with E-state index in [0.717, 1.165) is 56.2 Å². The molecule has 3 aromatic rings. The summed E-state index contributed by atoms with van der Waals surface area (Å²) in [7, 11) is 0. The summed E-state index contributed by atoms with van der Waals surface area (Å²) in [5.74, 6) is -0.00569. The summed E-state index contributed by atoms with van der Waals surface area (Å²) in [6, 6.07) is 20.5. The van der Waals surface area contributed by atoms with Crippen LogP contribution >= 0.6 is 0 Å². The molecule has 170 valence electrons. The summed E-state index contributed by atoms with van der Waals surface area (Å²) in [6.45, 7) is 2.70. The maximum Gasteiger partial charge on any atom is 0.322 e. The fourth-order valence-electron chi connectivity index (χ4n) is 5.44. The molecule has 2 fully saturated rings. The van der Waals surface area contributed by atoms with Gasteiger partial charge in [0.15, 0.2) is 0 Å². The van der Waals surface area contributed by atoms with Gasteiger partial charge in [0.05, 0.1) is 5.52 Å². The van der Waals surface area contributed by atoms with Gasteiger partial charge in [0, 0.05) is 18.1 Å². The molecule has 2 aromatic carbocycles. The summed E-state index contributed by atoms with van der Waals surface area (Å²) in [4.78, 5) is 31.9. The molecule has 6 heteroatoms. The van der Waals surface area contributed by atoms with E-state index in [2.05, 4.69) is 56.9 Å². The second kappa shape index (κ2) is 9.32. The molecule has 1 aromatic heterocycles. The number of carbonyl (C=O) groups is 2.